The average molecular weight is 529 g/mol. The fraction of sp³-hybridized carbons (Fsp3) is 0.500. The van der Waals surface area contributed by atoms with Crippen molar-refractivity contribution in [3.05, 3.63) is 47.9 Å². The third-order valence-electron chi connectivity index (χ3n) is 5.26. The monoisotopic (exact) mass is 529 g/mol. The number of hydrogen-bond acceptors (Lipinski definition) is 5. The summed E-state index contributed by atoms with van der Waals surface area (Å²) in [4.78, 5) is 6.93. The SMILES string of the molecule is CCNC(=NCC(C)(O)c1ccco1)N1CCC(c2cc(OC)cc(OC)c2)C1.I. The predicted molar refractivity (Wildman–Crippen MR) is 128 cm³/mol. The van der Waals surface area contributed by atoms with Crippen molar-refractivity contribution in [3.63, 3.8) is 0 Å². The molecule has 8 heteroatoms. The third kappa shape index (κ3) is 5.81. The van der Waals surface area contributed by atoms with Crippen LogP contribution in [-0.4, -0.2) is 56.4 Å². The summed E-state index contributed by atoms with van der Waals surface area (Å²) < 4.78 is 16.2. The van der Waals surface area contributed by atoms with Gasteiger partial charge in [-0.15, -0.1) is 24.0 Å². The van der Waals surface area contributed by atoms with Crippen LogP contribution < -0.4 is 14.8 Å². The molecule has 1 aliphatic rings. The van der Waals surface area contributed by atoms with Gasteiger partial charge in [-0.2, -0.15) is 0 Å². The van der Waals surface area contributed by atoms with Crippen LogP contribution in [0.3, 0.4) is 0 Å². The molecule has 30 heavy (non-hydrogen) atoms. The number of halogens is 1. The zero-order valence-corrected chi connectivity index (χ0v) is 20.4. The highest BCUT2D eigenvalue weighted by Gasteiger charge is 2.29. The second-order valence-electron chi connectivity index (χ2n) is 7.50. The Morgan fingerprint density at radius 2 is 2.00 bits per heavy atom. The number of rotatable bonds is 7. The summed E-state index contributed by atoms with van der Waals surface area (Å²) in [5, 5.41) is 14.0. The van der Waals surface area contributed by atoms with Gasteiger partial charge in [0.15, 0.2) is 5.96 Å². The molecule has 3 rings (SSSR count). The van der Waals surface area contributed by atoms with Crippen molar-refractivity contribution in [2.75, 3.05) is 40.4 Å². The Hall–Kier alpha value is -1.94. The van der Waals surface area contributed by atoms with Crippen LogP contribution in [0.1, 0.15) is 37.5 Å². The number of nitrogens with one attached hydrogen (secondary N) is 1. The van der Waals surface area contributed by atoms with E-state index < -0.39 is 5.60 Å². The molecule has 0 saturated carbocycles. The molecule has 0 radical (unpaired) electrons. The molecule has 7 nitrogen and oxygen atoms in total. The Morgan fingerprint density at radius 1 is 1.30 bits per heavy atom. The van der Waals surface area contributed by atoms with E-state index in [1.54, 1.807) is 39.5 Å². The highest BCUT2D eigenvalue weighted by molar-refractivity contribution is 14.0. The van der Waals surface area contributed by atoms with Crippen molar-refractivity contribution in [1.29, 1.82) is 0 Å². The lowest BCUT2D eigenvalue weighted by Gasteiger charge is -2.24. The summed E-state index contributed by atoms with van der Waals surface area (Å²) >= 11 is 0. The van der Waals surface area contributed by atoms with Crippen molar-refractivity contribution < 1.29 is 19.0 Å². The Labute approximate surface area is 195 Å². The highest BCUT2D eigenvalue weighted by atomic mass is 127. The van der Waals surface area contributed by atoms with E-state index in [1.165, 1.54) is 5.56 Å². The predicted octanol–water partition coefficient (Wildman–Crippen LogP) is 3.58. The number of likely N-dealkylation sites (tertiary alicyclic amines) is 1. The quantitative estimate of drug-likeness (QED) is 0.325. The summed E-state index contributed by atoms with van der Waals surface area (Å²) in [5.41, 5.74) is 0.0471. The van der Waals surface area contributed by atoms with E-state index in [0.717, 1.165) is 43.5 Å². The molecular formula is C22H32IN3O4. The molecule has 1 fully saturated rings. The second kappa shape index (κ2) is 10.9. The molecule has 0 aliphatic carbocycles. The maximum absolute atomic E-state index is 10.7. The third-order valence-corrected chi connectivity index (χ3v) is 5.26. The number of aliphatic imine (C=N–C) groups is 1. The van der Waals surface area contributed by atoms with Crippen molar-refractivity contribution in [1.82, 2.24) is 10.2 Å². The smallest absolute Gasteiger partial charge is 0.194 e. The summed E-state index contributed by atoms with van der Waals surface area (Å²) in [7, 11) is 3.33. The maximum Gasteiger partial charge on any atom is 0.194 e. The van der Waals surface area contributed by atoms with Gasteiger partial charge in [-0.05, 0) is 50.1 Å². The minimum Gasteiger partial charge on any atom is -0.497 e. The first-order valence-electron chi connectivity index (χ1n) is 9.99. The van der Waals surface area contributed by atoms with Crippen LogP contribution in [0, 0.1) is 0 Å². The number of hydrogen-bond donors (Lipinski definition) is 2. The molecule has 1 aromatic heterocycles. The van der Waals surface area contributed by atoms with Crippen LogP contribution in [0.2, 0.25) is 0 Å². The normalized spacial score (nSPS) is 18.5. The van der Waals surface area contributed by atoms with E-state index in [9.17, 15) is 5.11 Å². The topological polar surface area (TPSA) is 79.5 Å². The van der Waals surface area contributed by atoms with Gasteiger partial charge in [0.25, 0.3) is 0 Å². The van der Waals surface area contributed by atoms with Crippen molar-refractivity contribution in [2.45, 2.75) is 31.8 Å². The lowest BCUT2D eigenvalue weighted by atomic mass is 9.98. The number of benzene rings is 1. The van der Waals surface area contributed by atoms with Gasteiger partial charge in [-0.1, -0.05) is 0 Å². The number of guanidine groups is 1. The Balaban J connectivity index is 0.00000320. The summed E-state index contributed by atoms with van der Waals surface area (Å²) in [6.45, 7) is 6.46. The molecule has 0 bridgehead atoms. The van der Waals surface area contributed by atoms with Crippen LogP contribution in [0.5, 0.6) is 11.5 Å². The number of methoxy groups -OCH3 is 2. The van der Waals surface area contributed by atoms with Gasteiger partial charge in [-0.3, -0.25) is 0 Å². The number of furan rings is 1. The lowest BCUT2D eigenvalue weighted by Crippen LogP contribution is -2.41. The molecule has 2 unspecified atom stereocenters. The van der Waals surface area contributed by atoms with Crippen LogP contribution >= 0.6 is 24.0 Å². The van der Waals surface area contributed by atoms with E-state index in [4.69, 9.17) is 18.9 Å². The fourth-order valence-corrected chi connectivity index (χ4v) is 3.61. The molecule has 1 aliphatic heterocycles. The average Bonchev–Trinajstić information content (AvgIpc) is 3.43. The number of nitrogens with zero attached hydrogens (tertiary/aromatic N) is 2. The molecule has 0 spiro atoms. The number of aliphatic hydroxyl groups is 1. The van der Waals surface area contributed by atoms with Gasteiger partial charge < -0.3 is 29.2 Å². The van der Waals surface area contributed by atoms with Gasteiger partial charge in [0.2, 0.25) is 0 Å². The molecule has 2 atom stereocenters. The number of ether oxygens (including phenoxy) is 2. The Bertz CT molecular complexity index is 802. The van der Waals surface area contributed by atoms with E-state index >= 15 is 0 Å². The summed E-state index contributed by atoms with van der Waals surface area (Å²) in [5.74, 6) is 3.27. The first-order valence-corrected chi connectivity index (χ1v) is 9.99. The van der Waals surface area contributed by atoms with E-state index in [0.29, 0.717) is 11.7 Å². The molecule has 2 aromatic rings. The fourth-order valence-electron chi connectivity index (χ4n) is 3.61. The maximum atomic E-state index is 10.7. The van der Waals surface area contributed by atoms with Crippen LogP contribution in [-0.2, 0) is 5.60 Å². The standard InChI is InChI=1S/C22H31N3O4.HI/c1-5-23-21(24-15-22(2,26)20-7-6-10-29-20)25-9-8-16(14-25)17-11-18(27-3)13-19(12-17)28-4;/h6-7,10-13,16,26H,5,8-9,14-15H2,1-4H3,(H,23,24);1H. The summed E-state index contributed by atoms with van der Waals surface area (Å²) in [6.07, 6.45) is 2.57. The van der Waals surface area contributed by atoms with Gasteiger partial charge in [0.1, 0.15) is 22.9 Å². The first kappa shape index (κ1) is 24.3. The lowest BCUT2D eigenvalue weighted by molar-refractivity contribution is 0.0435. The summed E-state index contributed by atoms with van der Waals surface area (Å²) in [6, 6.07) is 9.57. The first-order chi connectivity index (χ1) is 14.0. The van der Waals surface area contributed by atoms with Crippen molar-refractivity contribution in [3.8, 4) is 11.5 Å². The largest absolute Gasteiger partial charge is 0.497 e. The van der Waals surface area contributed by atoms with E-state index in [2.05, 4.69) is 22.3 Å². The molecule has 0 amide bonds. The molecule has 166 valence electrons. The molecule has 1 aromatic carbocycles. The highest BCUT2D eigenvalue weighted by Crippen LogP contribution is 2.33. The van der Waals surface area contributed by atoms with Crippen molar-refractivity contribution >= 4 is 29.9 Å². The van der Waals surface area contributed by atoms with Crippen LogP contribution in [0.4, 0.5) is 0 Å². The minimum absolute atomic E-state index is 0. The van der Waals surface area contributed by atoms with E-state index in [-0.39, 0.29) is 30.5 Å². The Morgan fingerprint density at radius 3 is 2.57 bits per heavy atom. The van der Waals surface area contributed by atoms with Crippen LogP contribution in [0.15, 0.2) is 46.0 Å². The molecule has 2 heterocycles. The van der Waals surface area contributed by atoms with Crippen molar-refractivity contribution in [2.24, 2.45) is 4.99 Å². The molecule has 1 saturated heterocycles. The van der Waals surface area contributed by atoms with Gasteiger partial charge >= 0.3 is 0 Å². The zero-order valence-electron chi connectivity index (χ0n) is 18.1. The van der Waals surface area contributed by atoms with Gasteiger partial charge in [-0.25, -0.2) is 4.99 Å². The molecular weight excluding hydrogens is 497 g/mol. The minimum atomic E-state index is -1.15. The Kier molecular flexibility index (Phi) is 8.84. The second-order valence-corrected chi connectivity index (χ2v) is 7.50. The van der Waals surface area contributed by atoms with Gasteiger partial charge in [0.05, 0.1) is 27.0 Å². The van der Waals surface area contributed by atoms with Gasteiger partial charge in [0, 0.05) is 31.6 Å². The van der Waals surface area contributed by atoms with E-state index in [1.807, 2.05) is 13.0 Å². The molecule has 2 N–H and O–H groups in total. The van der Waals surface area contributed by atoms with Crippen LogP contribution in [0.25, 0.3) is 0 Å². The zero-order chi connectivity index (χ0) is 20.9.